The molecule has 0 amide bonds. The van der Waals surface area contributed by atoms with E-state index in [4.69, 9.17) is 11.6 Å². The van der Waals surface area contributed by atoms with Gasteiger partial charge in [0.1, 0.15) is 11.6 Å². The van der Waals surface area contributed by atoms with Crippen LogP contribution in [0.15, 0.2) is 12.1 Å². The van der Waals surface area contributed by atoms with Crippen molar-refractivity contribution in [1.82, 2.24) is 0 Å². The maximum Gasteiger partial charge on any atom is 0.144 e. The second-order valence-corrected chi connectivity index (χ2v) is 3.88. The lowest BCUT2D eigenvalue weighted by Crippen LogP contribution is -2.08. The Balaban J connectivity index is 3.15. The zero-order chi connectivity index (χ0) is 10.9. The van der Waals surface area contributed by atoms with Crippen LogP contribution < -0.4 is 0 Å². The van der Waals surface area contributed by atoms with Crippen LogP contribution in [0.25, 0.3) is 0 Å². The van der Waals surface area contributed by atoms with Gasteiger partial charge in [0, 0.05) is 11.6 Å². The maximum atomic E-state index is 13.2. The Bertz CT molecular complexity index is 339. The third kappa shape index (κ3) is 2.22. The minimum Gasteiger partial charge on any atom is -0.388 e. The highest BCUT2D eigenvalue weighted by atomic mass is 35.5. The molecule has 0 spiro atoms. The topological polar surface area (TPSA) is 20.2 Å². The molecule has 0 saturated carbocycles. The number of hydrogen-bond donors (Lipinski definition) is 1. The van der Waals surface area contributed by atoms with Gasteiger partial charge in [-0.05, 0) is 12.0 Å². The molecule has 1 aromatic rings. The van der Waals surface area contributed by atoms with Crippen molar-refractivity contribution in [3.63, 3.8) is 0 Å². The van der Waals surface area contributed by atoms with E-state index >= 15 is 0 Å². The van der Waals surface area contributed by atoms with Crippen LogP contribution in [-0.2, 0) is 0 Å². The molecule has 0 aliphatic carbocycles. The summed E-state index contributed by atoms with van der Waals surface area (Å²) >= 11 is 5.48. The Hall–Kier alpha value is -0.670. The van der Waals surface area contributed by atoms with Gasteiger partial charge in [-0.2, -0.15) is 0 Å². The van der Waals surface area contributed by atoms with Gasteiger partial charge in [0.2, 0.25) is 0 Å². The molecular formula is C10H11ClF2O. The normalized spacial score (nSPS) is 13.4. The van der Waals surface area contributed by atoms with E-state index in [0.29, 0.717) is 6.07 Å². The Kier molecular flexibility index (Phi) is 3.45. The number of rotatable bonds is 2. The number of aliphatic hydroxyl groups is 1. The molecule has 78 valence electrons. The number of aliphatic hydroxyl groups excluding tert-OH is 1. The van der Waals surface area contributed by atoms with Crippen LogP contribution in [0.2, 0.25) is 5.02 Å². The van der Waals surface area contributed by atoms with E-state index < -0.39 is 17.7 Å². The van der Waals surface area contributed by atoms with E-state index in [2.05, 4.69) is 0 Å². The van der Waals surface area contributed by atoms with Gasteiger partial charge >= 0.3 is 0 Å². The van der Waals surface area contributed by atoms with Crippen molar-refractivity contribution in [2.45, 2.75) is 20.0 Å². The van der Waals surface area contributed by atoms with Crippen LogP contribution in [0, 0.1) is 17.6 Å². The molecule has 1 unspecified atom stereocenters. The van der Waals surface area contributed by atoms with Gasteiger partial charge in [-0.3, -0.25) is 0 Å². The van der Waals surface area contributed by atoms with Crippen LogP contribution >= 0.6 is 11.6 Å². The van der Waals surface area contributed by atoms with Gasteiger partial charge in [0.15, 0.2) is 0 Å². The van der Waals surface area contributed by atoms with Crippen LogP contribution in [0.4, 0.5) is 8.78 Å². The second kappa shape index (κ2) is 4.24. The summed E-state index contributed by atoms with van der Waals surface area (Å²) in [6.45, 7) is 3.47. The van der Waals surface area contributed by atoms with Crippen molar-refractivity contribution >= 4 is 11.6 Å². The molecule has 0 saturated heterocycles. The smallest absolute Gasteiger partial charge is 0.144 e. The Morgan fingerprint density at radius 1 is 1.21 bits per heavy atom. The third-order valence-electron chi connectivity index (χ3n) is 1.99. The molecule has 14 heavy (non-hydrogen) atoms. The highest BCUT2D eigenvalue weighted by Gasteiger charge is 2.18. The highest BCUT2D eigenvalue weighted by Crippen LogP contribution is 2.28. The summed E-state index contributed by atoms with van der Waals surface area (Å²) in [5, 5.41) is 9.39. The summed E-state index contributed by atoms with van der Waals surface area (Å²) in [5.74, 6) is -1.73. The van der Waals surface area contributed by atoms with Crippen LogP contribution in [0.5, 0.6) is 0 Å². The van der Waals surface area contributed by atoms with E-state index in [9.17, 15) is 13.9 Å². The molecule has 0 aromatic heterocycles. The molecule has 1 aromatic carbocycles. The molecule has 0 aliphatic heterocycles. The molecule has 1 rings (SSSR count). The molecular weight excluding hydrogens is 210 g/mol. The van der Waals surface area contributed by atoms with Crippen molar-refractivity contribution in [2.24, 2.45) is 5.92 Å². The van der Waals surface area contributed by atoms with Gasteiger partial charge in [-0.25, -0.2) is 8.78 Å². The molecule has 1 atom stereocenters. The SMILES string of the molecule is CC(C)C(O)c1cc(Cl)c(F)cc1F. The lowest BCUT2D eigenvalue weighted by molar-refractivity contribution is 0.122. The average Bonchev–Trinajstić information content (AvgIpc) is 2.10. The number of halogens is 3. The summed E-state index contributed by atoms with van der Waals surface area (Å²) < 4.78 is 26.0. The van der Waals surface area contributed by atoms with E-state index in [1.54, 1.807) is 13.8 Å². The summed E-state index contributed by atoms with van der Waals surface area (Å²) in [5.41, 5.74) is 0.0337. The molecule has 0 fully saturated rings. The molecule has 1 N–H and O–H groups in total. The van der Waals surface area contributed by atoms with Crippen molar-refractivity contribution in [2.75, 3.05) is 0 Å². The lowest BCUT2D eigenvalue weighted by Gasteiger charge is -2.15. The van der Waals surface area contributed by atoms with E-state index in [1.165, 1.54) is 0 Å². The van der Waals surface area contributed by atoms with Gasteiger partial charge in [-0.15, -0.1) is 0 Å². The quantitative estimate of drug-likeness (QED) is 0.759. The standard InChI is InChI=1S/C10H11ClF2O/c1-5(2)10(14)6-3-7(11)9(13)4-8(6)12/h3-5,10,14H,1-2H3. The van der Waals surface area contributed by atoms with Crippen molar-refractivity contribution in [3.05, 3.63) is 34.4 Å². The predicted molar refractivity (Wildman–Crippen MR) is 51.2 cm³/mol. The maximum absolute atomic E-state index is 13.2. The summed E-state index contributed by atoms with van der Waals surface area (Å²) in [6, 6.07) is 1.81. The largest absolute Gasteiger partial charge is 0.388 e. The number of benzene rings is 1. The van der Waals surface area contributed by atoms with Gasteiger partial charge < -0.3 is 5.11 Å². The van der Waals surface area contributed by atoms with Gasteiger partial charge in [-0.1, -0.05) is 25.4 Å². The van der Waals surface area contributed by atoms with Crippen molar-refractivity contribution in [1.29, 1.82) is 0 Å². The van der Waals surface area contributed by atoms with Crippen molar-refractivity contribution in [3.8, 4) is 0 Å². The molecule has 1 nitrogen and oxygen atoms in total. The highest BCUT2D eigenvalue weighted by molar-refractivity contribution is 6.30. The first-order valence-corrected chi connectivity index (χ1v) is 4.63. The zero-order valence-electron chi connectivity index (χ0n) is 7.89. The summed E-state index contributed by atoms with van der Waals surface area (Å²) in [6.07, 6.45) is -0.965. The Morgan fingerprint density at radius 2 is 1.79 bits per heavy atom. The Morgan fingerprint density at radius 3 is 2.29 bits per heavy atom. The minimum absolute atomic E-state index is 0.0337. The fourth-order valence-corrected chi connectivity index (χ4v) is 1.30. The minimum atomic E-state index is -0.965. The molecule has 0 radical (unpaired) electrons. The van der Waals surface area contributed by atoms with E-state index in [0.717, 1.165) is 6.07 Å². The molecule has 0 bridgehead atoms. The van der Waals surface area contributed by atoms with Crippen LogP contribution in [0.3, 0.4) is 0 Å². The van der Waals surface area contributed by atoms with Crippen molar-refractivity contribution < 1.29 is 13.9 Å². The predicted octanol–water partition coefficient (Wildman–Crippen LogP) is 3.31. The third-order valence-corrected chi connectivity index (χ3v) is 2.28. The first-order valence-electron chi connectivity index (χ1n) is 4.26. The first-order chi connectivity index (χ1) is 6.43. The fraction of sp³-hybridized carbons (Fsp3) is 0.400. The van der Waals surface area contributed by atoms with Crippen LogP contribution in [0.1, 0.15) is 25.5 Å². The van der Waals surface area contributed by atoms with E-state index in [1.807, 2.05) is 0 Å². The Labute approximate surface area is 86.3 Å². The van der Waals surface area contributed by atoms with Gasteiger partial charge in [0.05, 0.1) is 11.1 Å². The first kappa shape index (κ1) is 11.4. The molecule has 4 heteroatoms. The van der Waals surface area contributed by atoms with Gasteiger partial charge in [0.25, 0.3) is 0 Å². The number of hydrogen-bond acceptors (Lipinski definition) is 1. The fourth-order valence-electron chi connectivity index (χ4n) is 1.12. The van der Waals surface area contributed by atoms with Crippen LogP contribution in [-0.4, -0.2) is 5.11 Å². The summed E-state index contributed by atoms with van der Waals surface area (Å²) in [7, 11) is 0. The monoisotopic (exact) mass is 220 g/mol. The molecule has 0 aliphatic rings. The average molecular weight is 221 g/mol. The summed E-state index contributed by atoms with van der Waals surface area (Å²) in [4.78, 5) is 0. The second-order valence-electron chi connectivity index (χ2n) is 3.48. The zero-order valence-corrected chi connectivity index (χ0v) is 8.65. The van der Waals surface area contributed by atoms with E-state index in [-0.39, 0.29) is 16.5 Å². The molecule has 0 heterocycles. The lowest BCUT2D eigenvalue weighted by atomic mass is 9.99.